The third-order valence-electron chi connectivity index (χ3n) is 1.02. The van der Waals surface area contributed by atoms with Crippen LogP contribution in [0, 0.1) is 0 Å². The highest BCUT2D eigenvalue weighted by molar-refractivity contribution is 5.56. The summed E-state index contributed by atoms with van der Waals surface area (Å²) in [5.41, 5.74) is 0. The van der Waals surface area contributed by atoms with Crippen molar-refractivity contribution in [1.29, 1.82) is 0 Å². The summed E-state index contributed by atoms with van der Waals surface area (Å²) in [6.45, 7) is 1.48. The summed E-state index contributed by atoms with van der Waals surface area (Å²) in [4.78, 5) is 14.0. The Morgan fingerprint density at radius 3 is 2.38 bits per heavy atom. The van der Waals surface area contributed by atoms with Crippen LogP contribution in [0.25, 0.3) is 0 Å². The predicted octanol–water partition coefficient (Wildman–Crippen LogP) is 0.302. The molecular formula is C4H7NO3. The van der Waals surface area contributed by atoms with Gasteiger partial charge in [-0.3, -0.25) is 0 Å². The molecule has 1 heterocycles. The van der Waals surface area contributed by atoms with Crippen LogP contribution in [0.5, 0.6) is 0 Å². The maximum atomic E-state index is 9.74. The highest BCUT2D eigenvalue weighted by Crippen LogP contribution is 2.04. The van der Waals surface area contributed by atoms with Crippen LogP contribution >= 0.6 is 0 Å². The molecule has 0 saturated carbocycles. The van der Waals surface area contributed by atoms with Gasteiger partial charge in [0, 0.05) is 13.1 Å². The Bertz CT molecular complexity index is 99.5. The molecule has 0 unspecified atom stereocenters. The van der Waals surface area contributed by atoms with E-state index in [0.717, 1.165) is 19.5 Å². The zero-order valence-corrected chi connectivity index (χ0v) is 4.33. The number of hydroxylamine groups is 2. The van der Waals surface area contributed by atoms with Gasteiger partial charge in [-0.1, -0.05) is 0 Å². The molecule has 0 radical (unpaired) electrons. The van der Waals surface area contributed by atoms with Gasteiger partial charge < -0.3 is 9.94 Å². The zero-order valence-electron chi connectivity index (χ0n) is 4.33. The predicted molar refractivity (Wildman–Crippen MR) is 25.3 cm³/mol. The second-order valence-electron chi connectivity index (χ2n) is 1.64. The van der Waals surface area contributed by atoms with Crippen LogP contribution in [-0.4, -0.2) is 29.4 Å². The Hall–Kier alpha value is -0.770. The molecule has 46 valence electrons. The van der Waals surface area contributed by atoms with Crippen LogP contribution in [0.1, 0.15) is 6.42 Å². The van der Waals surface area contributed by atoms with E-state index in [9.17, 15) is 4.79 Å². The average molecular weight is 117 g/mol. The van der Waals surface area contributed by atoms with Gasteiger partial charge >= 0.3 is 6.16 Å². The minimum atomic E-state index is -1.22. The summed E-state index contributed by atoms with van der Waals surface area (Å²) in [5.74, 6) is 0. The van der Waals surface area contributed by atoms with Crippen molar-refractivity contribution in [1.82, 2.24) is 5.06 Å². The SMILES string of the molecule is O=C(O)ON1CCC1. The highest BCUT2D eigenvalue weighted by atomic mass is 16.8. The van der Waals surface area contributed by atoms with Crippen molar-refractivity contribution in [2.45, 2.75) is 6.42 Å². The Morgan fingerprint density at radius 2 is 2.25 bits per heavy atom. The smallest absolute Gasteiger partial charge is 0.448 e. The monoisotopic (exact) mass is 117 g/mol. The summed E-state index contributed by atoms with van der Waals surface area (Å²) < 4.78 is 0. The molecule has 0 amide bonds. The summed E-state index contributed by atoms with van der Waals surface area (Å²) in [5, 5.41) is 9.39. The van der Waals surface area contributed by atoms with Crippen molar-refractivity contribution in [3.8, 4) is 0 Å². The Morgan fingerprint density at radius 1 is 1.62 bits per heavy atom. The lowest BCUT2D eigenvalue weighted by atomic mass is 10.3. The molecular weight excluding hydrogens is 110 g/mol. The number of rotatable bonds is 1. The van der Waals surface area contributed by atoms with Crippen LogP contribution in [0.4, 0.5) is 4.79 Å². The molecule has 8 heavy (non-hydrogen) atoms. The van der Waals surface area contributed by atoms with Gasteiger partial charge in [0.05, 0.1) is 0 Å². The molecule has 1 N–H and O–H groups in total. The van der Waals surface area contributed by atoms with Crippen LogP contribution in [0.15, 0.2) is 0 Å². The molecule has 4 nitrogen and oxygen atoms in total. The number of carbonyl (C=O) groups is 1. The minimum Gasteiger partial charge on any atom is -0.448 e. The lowest BCUT2D eigenvalue weighted by Crippen LogP contribution is -2.38. The van der Waals surface area contributed by atoms with Gasteiger partial charge in [-0.05, 0) is 6.42 Å². The molecule has 0 aliphatic carbocycles. The van der Waals surface area contributed by atoms with Gasteiger partial charge in [-0.2, -0.15) is 0 Å². The first-order valence-electron chi connectivity index (χ1n) is 2.45. The van der Waals surface area contributed by atoms with E-state index in [1.165, 1.54) is 5.06 Å². The highest BCUT2D eigenvalue weighted by Gasteiger charge is 2.17. The van der Waals surface area contributed by atoms with Gasteiger partial charge in [0.25, 0.3) is 0 Å². The van der Waals surface area contributed by atoms with E-state index in [1.807, 2.05) is 0 Å². The van der Waals surface area contributed by atoms with Crippen molar-refractivity contribution in [2.75, 3.05) is 13.1 Å². The second-order valence-corrected chi connectivity index (χ2v) is 1.64. The average Bonchev–Trinajstić information content (AvgIpc) is 1.55. The quantitative estimate of drug-likeness (QED) is 0.536. The number of hydrogen-bond donors (Lipinski definition) is 1. The molecule has 0 aromatic carbocycles. The van der Waals surface area contributed by atoms with Crippen LogP contribution < -0.4 is 0 Å². The molecule has 0 spiro atoms. The number of carboxylic acid groups (broad SMARTS) is 1. The molecule has 0 atom stereocenters. The third kappa shape index (κ3) is 1.10. The Labute approximate surface area is 46.6 Å². The maximum Gasteiger partial charge on any atom is 0.525 e. The molecule has 0 aromatic heterocycles. The molecule has 0 bridgehead atoms. The van der Waals surface area contributed by atoms with Crippen molar-refractivity contribution in [3.05, 3.63) is 0 Å². The number of hydrogen-bond acceptors (Lipinski definition) is 3. The minimum absolute atomic E-state index is 0.742. The molecule has 4 heteroatoms. The fraction of sp³-hybridized carbons (Fsp3) is 0.750. The van der Waals surface area contributed by atoms with Crippen molar-refractivity contribution in [3.63, 3.8) is 0 Å². The van der Waals surface area contributed by atoms with Gasteiger partial charge in [-0.25, -0.2) is 4.79 Å². The summed E-state index contributed by atoms with van der Waals surface area (Å²) in [6.07, 6.45) is -0.183. The Balaban J connectivity index is 2.09. The summed E-state index contributed by atoms with van der Waals surface area (Å²) in [6, 6.07) is 0. The normalized spacial score (nSPS) is 19.5. The summed E-state index contributed by atoms with van der Waals surface area (Å²) >= 11 is 0. The van der Waals surface area contributed by atoms with E-state index >= 15 is 0 Å². The van der Waals surface area contributed by atoms with E-state index in [0.29, 0.717) is 0 Å². The molecule has 1 rings (SSSR count). The lowest BCUT2D eigenvalue weighted by molar-refractivity contribution is -0.157. The van der Waals surface area contributed by atoms with Crippen molar-refractivity contribution >= 4 is 6.16 Å². The van der Waals surface area contributed by atoms with E-state index in [1.54, 1.807) is 0 Å². The third-order valence-corrected chi connectivity index (χ3v) is 1.02. The van der Waals surface area contributed by atoms with Crippen molar-refractivity contribution < 1.29 is 14.7 Å². The maximum absolute atomic E-state index is 9.74. The Kier molecular flexibility index (Phi) is 1.34. The largest absolute Gasteiger partial charge is 0.525 e. The molecule has 0 aromatic rings. The second kappa shape index (κ2) is 2.00. The van der Waals surface area contributed by atoms with Gasteiger partial charge in [0.15, 0.2) is 0 Å². The molecule has 1 fully saturated rings. The first-order valence-corrected chi connectivity index (χ1v) is 2.45. The number of nitrogens with zero attached hydrogens (tertiary/aromatic N) is 1. The van der Waals surface area contributed by atoms with Crippen LogP contribution in [0.3, 0.4) is 0 Å². The van der Waals surface area contributed by atoms with Crippen LogP contribution in [-0.2, 0) is 4.84 Å². The molecule has 1 aliphatic heterocycles. The van der Waals surface area contributed by atoms with E-state index in [-0.39, 0.29) is 0 Å². The molecule has 1 saturated heterocycles. The fourth-order valence-electron chi connectivity index (χ4n) is 0.489. The van der Waals surface area contributed by atoms with E-state index in [2.05, 4.69) is 4.84 Å². The van der Waals surface area contributed by atoms with Crippen LogP contribution in [0.2, 0.25) is 0 Å². The van der Waals surface area contributed by atoms with Crippen molar-refractivity contribution in [2.24, 2.45) is 0 Å². The first-order chi connectivity index (χ1) is 3.79. The van der Waals surface area contributed by atoms with E-state index < -0.39 is 6.16 Å². The molecule has 1 aliphatic rings. The first kappa shape index (κ1) is 5.37. The van der Waals surface area contributed by atoms with E-state index in [4.69, 9.17) is 5.11 Å². The van der Waals surface area contributed by atoms with Gasteiger partial charge in [0.2, 0.25) is 0 Å². The van der Waals surface area contributed by atoms with Gasteiger partial charge in [-0.15, -0.1) is 5.06 Å². The topological polar surface area (TPSA) is 49.8 Å². The van der Waals surface area contributed by atoms with Gasteiger partial charge in [0.1, 0.15) is 0 Å². The fourth-order valence-corrected chi connectivity index (χ4v) is 0.489. The lowest BCUT2D eigenvalue weighted by Gasteiger charge is -2.26. The zero-order chi connectivity index (χ0) is 5.98. The summed E-state index contributed by atoms with van der Waals surface area (Å²) in [7, 11) is 0. The standard InChI is InChI=1S/C4H7NO3/c6-4(7)8-5-2-1-3-5/h1-3H2,(H,6,7).